The van der Waals surface area contributed by atoms with Crippen LogP contribution in [0.15, 0.2) is 48.5 Å². The van der Waals surface area contributed by atoms with Gasteiger partial charge in [-0.3, -0.25) is 9.59 Å². The number of benzene rings is 2. The molecule has 30 heavy (non-hydrogen) atoms. The first-order valence-electron chi connectivity index (χ1n) is 10.8. The Morgan fingerprint density at radius 2 is 1.70 bits per heavy atom. The maximum Gasteiger partial charge on any atom is 0.254 e. The SMILES string of the molecule is O=C(Nc1ccc2c(c1)OCCO2)C1CC2CCCCC2N1C(=O)c1ccccc1. The van der Waals surface area contributed by atoms with Crippen LogP contribution in [0.1, 0.15) is 42.5 Å². The van der Waals surface area contributed by atoms with Crippen molar-refractivity contribution in [2.24, 2.45) is 5.92 Å². The number of anilines is 1. The molecule has 5 rings (SSSR count). The predicted octanol–water partition coefficient (Wildman–Crippen LogP) is 3.87. The molecule has 6 heteroatoms. The first-order chi connectivity index (χ1) is 14.7. The molecule has 1 saturated carbocycles. The van der Waals surface area contributed by atoms with Crippen LogP contribution in [-0.2, 0) is 4.79 Å². The average Bonchev–Trinajstić information content (AvgIpc) is 3.19. The van der Waals surface area contributed by atoms with E-state index in [1.54, 1.807) is 6.07 Å². The largest absolute Gasteiger partial charge is 0.486 e. The number of amides is 2. The number of carbonyl (C=O) groups is 2. The molecular weight excluding hydrogens is 380 g/mol. The Morgan fingerprint density at radius 3 is 2.53 bits per heavy atom. The van der Waals surface area contributed by atoms with Gasteiger partial charge >= 0.3 is 0 Å². The van der Waals surface area contributed by atoms with E-state index < -0.39 is 6.04 Å². The summed E-state index contributed by atoms with van der Waals surface area (Å²) in [4.78, 5) is 28.5. The topological polar surface area (TPSA) is 67.9 Å². The molecule has 2 fully saturated rings. The molecule has 2 heterocycles. The van der Waals surface area contributed by atoms with Gasteiger partial charge in [-0.1, -0.05) is 31.0 Å². The van der Waals surface area contributed by atoms with Gasteiger partial charge in [0.1, 0.15) is 19.3 Å². The van der Waals surface area contributed by atoms with Gasteiger partial charge in [0.15, 0.2) is 11.5 Å². The van der Waals surface area contributed by atoms with Crippen molar-refractivity contribution in [1.82, 2.24) is 4.90 Å². The first kappa shape index (κ1) is 19.0. The molecule has 3 unspecified atom stereocenters. The van der Waals surface area contributed by atoms with Gasteiger partial charge in [0.05, 0.1) is 0 Å². The van der Waals surface area contributed by atoms with Crippen LogP contribution in [0.25, 0.3) is 0 Å². The number of ether oxygens (including phenoxy) is 2. The highest BCUT2D eigenvalue weighted by molar-refractivity contribution is 6.02. The third-order valence-electron chi connectivity index (χ3n) is 6.46. The number of nitrogens with zero attached hydrogens (tertiary/aromatic N) is 1. The second kappa shape index (κ2) is 8.01. The predicted molar refractivity (Wildman–Crippen MR) is 113 cm³/mol. The summed E-state index contributed by atoms with van der Waals surface area (Å²) in [5, 5.41) is 3.01. The van der Waals surface area contributed by atoms with Gasteiger partial charge < -0.3 is 19.7 Å². The maximum atomic E-state index is 13.4. The van der Waals surface area contributed by atoms with E-state index in [1.807, 2.05) is 47.4 Å². The van der Waals surface area contributed by atoms with Crippen molar-refractivity contribution in [1.29, 1.82) is 0 Å². The third kappa shape index (κ3) is 3.51. The zero-order valence-corrected chi connectivity index (χ0v) is 16.9. The molecular formula is C24H26N2O4. The van der Waals surface area contributed by atoms with Crippen molar-refractivity contribution in [2.45, 2.75) is 44.2 Å². The first-order valence-corrected chi connectivity index (χ1v) is 10.8. The fraction of sp³-hybridized carbons (Fsp3) is 0.417. The number of likely N-dealkylation sites (tertiary alicyclic amines) is 1. The fourth-order valence-electron chi connectivity index (χ4n) is 5.06. The zero-order chi connectivity index (χ0) is 20.5. The lowest BCUT2D eigenvalue weighted by Gasteiger charge is -2.33. The van der Waals surface area contributed by atoms with Crippen molar-refractivity contribution in [3.63, 3.8) is 0 Å². The van der Waals surface area contributed by atoms with Crippen LogP contribution >= 0.6 is 0 Å². The molecule has 156 valence electrons. The molecule has 2 aromatic carbocycles. The summed E-state index contributed by atoms with van der Waals surface area (Å²) in [7, 11) is 0. The number of hydrogen-bond acceptors (Lipinski definition) is 4. The molecule has 1 saturated heterocycles. The lowest BCUT2D eigenvalue weighted by atomic mass is 9.84. The quantitative estimate of drug-likeness (QED) is 0.840. The standard InChI is InChI=1S/C24H26N2O4/c27-23(25-18-10-11-21-22(15-18)30-13-12-29-21)20-14-17-8-4-5-9-19(17)26(20)24(28)16-6-2-1-3-7-16/h1-3,6-7,10-11,15,17,19-20H,4-5,8-9,12-14H2,(H,25,27). The van der Waals surface area contributed by atoms with Crippen LogP contribution < -0.4 is 14.8 Å². The summed E-state index contributed by atoms with van der Waals surface area (Å²) in [6.45, 7) is 1.02. The highest BCUT2D eigenvalue weighted by Gasteiger charge is 2.47. The van der Waals surface area contributed by atoms with Gasteiger partial charge in [-0.25, -0.2) is 0 Å². The van der Waals surface area contributed by atoms with Gasteiger partial charge in [0.2, 0.25) is 5.91 Å². The van der Waals surface area contributed by atoms with E-state index in [0.29, 0.717) is 41.9 Å². The van der Waals surface area contributed by atoms with E-state index in [9.17, 15) is 9.59 Å². The van der Waals surface area contributed by atoms with E-state index in [-0.39, 0.29) is 17.9 Å². The Labute approximate surface area is 176 Å². The minimum absolute atomic E-state index is 0.0488. The lowest BCUT2D eigenvalue weighted by Crippen LogP contribution is -2.47. The molecule has 0 aromatic heterocycles. The molecule has 6 nitrogen and oxygen atoms in total. The highest BCUT2D eigenvalue weighted by atomic mass is 16.6. The van der Waals surface area contributed by atoms with E-state index in [2.05, 4.69) is 5.32 Å². The minimum atomic E-state index is -0.459. The highest BCUT2D eigenvalue weighted by Crippen LogP contribution is 2.41. The molecule has 1 aliphatic carbocycles. The number of fused-ring (bicyclic) bond motifs is 2. The van der Waals surface area contributed by atoms with Gasteiger partial charge in [0, 0.05) is 23.4 Å². The molecule has 0 radical (unpaired) electrons. The molecule has 3 atom stereocenters. The van der Waals surface area contributed by atoms with Crippen LogP contribution in [0.4, 0.5) is 5.69 Å². The molecule has 2 aromatic rings. The van der Waals surface area contributed by atoms with E-state index in [0.717, 1.165) is 25.7 Å². The summed E-state index contributed by atoms with van der Waals surface area (Å²) >= 11 is 0. The van der Waals surface area contributed by atoms with Gasteiger partial charge in [-0.05, 0) is 49.4 Å². The van der Waals surface area contributed by atoms with Crippen molar-refractivity contribution in [2.75, 3.05) is 18.5 Å². The Hall–Kier alpha value is -3.02. The summed E-state index contributed by atoms with van der Waals surface area (Å²) in [6.07, 6.45) is 5.05. The second-order valence-corrected chi connectivity index (χ2v) is 8.29. The molecule has 2 amide bonds. The second-order valence-electron chi connectivity index (χ2n) is 8.29. The average molecular weight is 406 g/mol. The van der Waals surface area contributed by atoms with Crippen LogP contribution in [0.3, 0.4) is 0 Å². The Bertz CT molecular complexity index is 945. The van der Waals surface area contributed by atoms with Crippen LogP contribution in [-0.4, -0.2) is 42.0 Å². The van der Waals surface area contributed by atoms with Crippen molar-refractivity contribution in [3.05, 3.63) is 54.1 Å². The fourth-order valence-corrected chi connectivity index (χ4v) is 5.06. The zero-order valence-electron chi connectivity index (χ0n) is 16.9. The van der Waals surface area contributed by atoms with Crippen molar-refractivity contribution in [3.8, 4) is 11.5 Å². The molecule has 2 aliphatic heterocycles. The van der Waals surface area contributed by atoms with Gasteiger partial charge in [-0.15, -0.1) is 0 Å². The van der Waals surface area contributed by atoms with Crippen LogP contribution in [0.5, 0.6) is 11.5 Å². The number of nitrogens with one attached hydrogen (secondary N) is 1. The van der Waals surface area contributed by atoms with E-state index in [4.69, 9.17) is 9.47 Å². The third-order valence-corrected chi connectivity index (χ3v) is 6.46. The van der Waals surface area contributed by atoms with E-state index in [1.165, 1.54) is 6.42 Å². The Morgan fingerprint density at radius 1 is 0.933 bits per heavy atom. The monoisotopic (exact) mass is 406 g/mol. The Balaban J connectivity index is 1.39. The number of carbonyl (C=O) groups excluding carboxylic acids is 2. The van der Waals surface area contributed by atoms with Crippen LogP contribution in [0, 0.1) is 5.92 Å². The maximum absolute atomic E-state index is 13.4. The molecule has 1 N–H and O–H groups in total. The van der Waals surface area contributed by atoms with Gasteiger partial charge in [0.25, 0.3) is 5.91 Å². The van der Waals surface area contributed by atoms with Gasteiger partial charge in [-0.2, -0.15) is 0 Å². The molecule has 3 aliphatic rings. The lowest BCUT2D eigenvalue weighted by molar-refractivity contribution is -0.120. The summed E-state index contributed by atoms with van der Waals surface area (Å²) < 4.78 is 11.2. The summed E-state index contributed by atoms with van der Waals surface area (Å²) in [6, 6.07) is 14.4. The molecule has 0 spiro atoms. The smallest absolute Gasteiger partial charge is 0.254 e. The van der Waals surface area contributed by atoms with E-state index >= 15 is 0 Å². The van der Waals surface area contributed by atoms with Crippen LogP contribution in [0.2, 0.25) is 0 Å². The summed E-state index contributed by atoms with van der Waals surface area (Å²) in [5.74, 6) is 1.53. The van der Waals surface area contributed by atoms with Crippen molar-refractivity contribution < 1.29 is 19.1 Å². The van der Waals surface area contributed by atoms with Crippen molar-refractivity contribution >= 4 is 17.5 Å². The summed E-state index contributed by atoms with van der Waals surface area (Å²) in [5.41, 5.74) is 1.30. The normalized spacial score (nSPS) is 24.8. The minimum Gasteiger partial charge on any atom is -0.486 e. The number of rotatable bonds is 3. The molecule has 0 bridgehead atoms. The Kier molecular flexibility index (Phi) is 5.07. The number of hydrogen-bond donors (Lipinski definition) is 1.